The Labute approximate surface area is 648 Å². The maximum Gasteiger partial charge on any atom is 0.164 e. The van der Waals surface area contributed by atoms with Crippen LogP contribution in [0, 0.1) is 22.7 Å². The van der Waals surface area contributed by atoms with Crippen LogP contribution in [0.3, 0.4) is 0 Å². The fraction of sp³-hybridized carbons (Fsp3) is 0.0192. The molecule has 0 N–H and O–H groups in total. The minimum atomic E-state index is -0.534. The SMILES string of the molecule is N#Cc1ccc2c(c1)C1(c3ccccc3-c3ccccc31)c1cc(-c3ccc(-c4nc(-c5ccccc5)nc(-c5ccc6ccccc6c5)n4)cc3)ccc1-2.N#Cc1ccc2c(c1)C1(c3ccccc3-c3ccccc31)c1cc(-c3ccc(-c4nc(-c5ccccc5)nc(-c5cccc(-c6ccccc6)c5)n4)cc3)ccc1-2. The van der Waals surface area contributed by atoms with Gasteiger partial charge in [-0.3, -0.25) is 0 Å². The average Bonchev–Trinajstić information content (AvgIpc) is 1.51. The molecule has 4 aliphatic carbocycles. The molecule has 0 unspecified atom stereocenters. The zero-order chi connectivity index (χ0) is 74.4. The summed E-state index contributed by atoms with van der Waals surface area (Å²) < 4.78 is 0. The largest absolute Gasteiger partial charge is 0.208 e. The van der Waals surface area contributed by atoms with Crippen molar-refractivity contribution in [1.29, 1.82) is 10.5 Å². The van der Waals surface area contributed by atoms with Gasteiger partial charge in [0.1, 0.15) is 0 Å². The molecule has 112 heavy (non-hydrogen) atoms. The Hall–Kier alpha value is -15.2. The molecule has 2 aromatic heterocycles. The van der Waals surface area contributed by atoms with E-state index in [0.29, 0.717) is 46.1 Å². The minimum absolute atomic E-state index is 0.529. The van der Waals surface area contributed by atoms with Crippen LogP contribution in [-0.2, 0) is 10.8 Å². The lowest BCUT2D eigenvalue weighted by Gasteiger charge is -2.30. The van der Waals surface area contributed by atoms with Gasteiger partial charge in [0.25, 0.3) is 0 Å². The second kappa shape index (κ2) is 26.3. The lowest BCUT2D eigenvalue weighted by atomic mass is 9.70. The number of aromatic nitrogens is 6. The molecule has 0 saturated heterocycles. The lowest BCUT2D eigenvalue weighted by Crippen LogP contribution is -2.26. The van der Waals surface area contributed by atoms with Gasteiger partial charge in [0, 0.05) is 33.4 Å². The van der Waals surface area contributed by atoms with E-state index < -0.39 is 10.8 Å². The van der Waals surface area contributed by atoms with Crippen molar-refractivity contribution in [2.75, 3.05) is 0 Å². The molecule has 2 spiro atoms. The van der Waals surface area contributed by atoms with Crippen LogP contribution in [0.4, 0.5) is 0 Å². The molecule has 0 bridgehead atoms. The van der Waals surface area contributed by atoms with Crippen LogP contribution >= 0.6 is 0 Å². The fourth-order valence-corrected chi connectivity index (χ4v) is 17.9. The summed E-state index contributed by atoms with van der Waals surface area (Å²) in [7, 11) is 0. The standard InChI is InChI=1S/C53H32N4.C51H30N4/c54-33-34-22-28-44-45-29-27-40(32-49(45)53(48(44)30-34)46-20-9-7-18-42(46)43-19-8-10-21-47(43)53)36-23-25-38(26-24-36)51-55-50(37-14-5-2-6-15-37)56-52(57-51)41-17-11-16-39(31-41)35-12-3-1-4-13-35;52-31-32-18-26-42-43-27-25-38(30-47(43)51(46(42)28-32)44-16-8-6-14-40(44)41-15-7-9-17-45(41)51)34-19-22-36(23-20-34)49-53-48(35-11-2-1-3-12-35)54-50(55-49)39-24-21-33-10-4-5-13-37(33)29-39/h1-32H;1-30H. The van der Waals surface area contributed by atoms with E-state index in [-0.39, 0.29) is 0 Å². The first-order chi connectivity index (χ1) is 55.4. The van der Waals surface area contributed by atoms with Gasteiger partial charge in [0.15, 0.2) is 34.9 Å². The zero-order valence-corrected chi connectivity index (χ0v) is 60.4. The average molecular weight is 1420 g/mol. The molecular weight excluding hydrogens is 1360 g/mol. The predicted octanol–water partition coefficient (Wildman–Crippen LogP) is 24.3. The third-order valence-corrected chi connectivity index (χ3v) is 23.0. The zero-order valence-electron chi connectivity index (χ0n) is 60.4. The molecular formula is C104H62N8. The molecule has 0 saturated carbocycles. The first-order valence-corrected chi connectivity index (χ1v) is 37.7. The highest BCUT2D eigenvalue weighted by Gasteiger charge is 2.53. The molecule has 8 nitrogen and oxygen atoms in total. The van der Waals surface area contributed by atoms with Crippen LogP contribution in [-0.4, -0.2) is 29.9 Å². The Balaban J connectivity index is 0.000000142. The summed E-state index contributed by atoms with van der Waals surface area (Å²) in [4.78, 5) is 30.1. The molecule has 0 aliphatic heterocycles. The monoisotopic (exact) mass is 1420 g/mol. The second-order valence-electron chi connectivity index (χ2n) is 29.0. The smallest absolute Gasteiger partial charge is 0.164 e. The lowest BCUT2D eigenvalue weighted by molar-refractivity contribution is 0.793. The minimum Gasteiger partial charge on any atom is -0.208 e. The van der Waals surface area contributed by atoms with E-state index in [1.165, 1.54) is 83.3 Å². The molecule has 18 aromatic rings. The summed E-state index contributed by atoms with van der Waals surface area (Å²) in [6, 6.07) is 137. The number of hydrogen-bond donors (Lipinski definition) is 0. The van der Waals surface area contributed by atoms with Crippen LogP contribution < -0.4 is 0 Å². The first-order valence-electron chi connectivity index (χ1n) is 37.7. The van der Waals surface area contributed by atoms with Crippen molar-refractivity contribution in [3.63, 3.8) is 0 Å². The van der Waals surface area contributed by atoms with Crippen molar-refractivity contribution in [2.45, 2.75) is 10.8 Å². The molecule has 4 aliphatic rings. The third-order valence-electron chi connectivity index (χ3n) is 23.0. The highest BCUT2D eigenvalue weighted by atomic mass is 15.0. The number of rotatable bonds is 9. The molecule has 16 aromatic carbocycles. The highest BCUT2D eigenvalue weighted by Crippen LogP contribution is 2.65. The van der Waals surface area contributed by atoms with E-state index in [9.17, 15) is 10.5 Å². The van der Waals surface area contributed by atoms with Gasteiger partial charge >= 0.3 is 0 Å². The van der Waals surface area contributed by atoms with E-state index in [1.54, 1.807) is 0 Å². The van der Waals surface area contributed by atoms with E-state index in [0.717, 1.165) is 83.3 Å². The Morgan fingerprint density at radius 2 is 0.429 bits per heavy atom. The fourth-order valence-electron chi connectivity index (χ4n) is 17.9. The third kappa shape index (κ3) is 10.4. The van der Waals surface area contributed by atoms with Gasteiger partial charge in [-0.2, -0.15) is 10.5 Å². The molecule has 518 valence electrons. The Bertz CT molecular complexity index is 6870. The van der Waals surface area contributed by atoms with E-state index >= 15 is 0 Å². The van der Waals surface area contributed by atoms with Crippen molar-refractivity contribution in [2.24, 2.45) is 0 Å². The van der Waals surface area contributed by atoms with Crippen molar-refractivity contribution in [3.05, 3.63) is 432 Å². The summed E-state index contributed by atoms with van der Waals surface area (Å²) in [5, 5.41) is 22.4. The van der Waals surface area contributed by atoms with E-state index in [4.69, 9.17) is 29.9 Å². The number of nitrogens with zero attached hydrogens (tertiary/aromatic N) is 8. The topological polar surface area (TPSA) is 125 Å². The van der Waals surface area contributed by atoms with E-state index in [2.05, 4.69) is 309 Å². The summed E-state index contributed by atoms with van der Waals surface area (Å²) in [6.07, 6.45) is 0. The van der Waals surface area contributed by atoms with Gasteiger partial charge in [-0.1, -0.05) is 328 Å². The second-order valence-corrected chi connectivity index (χ2v) is 29.0. The molecule has 0 atom stereocenters. The maximum atomic E-state index is 10.0. The van der Waals surface area contributed by atoms with Crippen LogP contribution in [0.5, 0.6) is 0 Å². The molecule has 0 fully saturated rings. The molecule has 2 heterocycles. The molecule has 0 amide bonds. The van der Waals surface area contributed by atoms with Gasteiger partial charge in [-0.15, -0.1) is 0 Å². The normalized spacial score (nSPS) is 12.8. The van der Waals surface area contributed by atoms with Gasteiger partial charge in [-0.05, 0) is 182 Å². The Morgan fingerprint density at radius 3 is 0.839 bits per heavy atom. The summed E-state index contributed by atoms with van der Waals surface area (Å²) in [5.41, 5.74) is 32.0. The van der Waals surface area contributed by atoms with Crippen molar-refractivity contribution < 1.29 is 0 Å². The quantitative estimate of drug-likeness (QED) is 0.140. The van der Waals surface area contributed by atoms with Crippen LogP contribution in [0.25, 0.3) is 157 Å². The van der Waals surface area contributed by atoms with Crippen LogP contribution in [0.1, 0.15) is 55.6 Å². The van der Waals surface area contributed by atoms with Crippen molar-refractivity contribution >= 4 is 10.8 Å². The molecule has 22 rings (SSSR count). The van der Waals surface area contributed by atoms with Crippen molar-refractivity contribution in [1.82, 2.24) is 29.9 Å². The van der Waals surface area contributed by atoms with Gasteiger partial charge in [0.2, 0.25) is 0 Å². The van der Waals surface area contributed by atoms with Gasteiger partial charge in [-0.25, -0.2) is 29.9 Å². The first kappa shape index (κ1) is 65.1. The number of hydrogen-bond acceptors (Lipinski definition) is 8. The summed E-state index contributed by atoms with van der Waals surface area (Å²) in [6.45, 7) is 0. The Morgan fingerprint density at radius 1 is 0.170 bits per heavy atom. The summed E-state index contributed by atoms with van der Waals surface area (Å²) >= 11 is 0. The number of nitriles is 2. The number of fused-ring (bicyclic) bond motifs is 21. The Kier molecular flexibility index (Phi) is 15.3. The summed E-state index contributed by atoms with van der Waals surface area (Å²) in [5.74, 6) is 3.77. The predicted molar refractivity (Wildman–Crippen MR) is 448 cm³/mol. The van der Waals surface area contributed by atoms with Gasteiger partial charge in [0.05, 0.1) is 34.1 Å². The maximum absolute atomic E-state index is 10.0. The molecule has 8 heteroatoms. The van der Waals surface area contributed by atoms with E-state index in [1.807, 2.05) is 78.9 Å². The number of benzene rings is 16. The van der Waals surface area contributed by atoms with Crippen LogP contribution in [0.2, 0.25) is 0 Å². The van der Waals surface area contributed by atoms with Gasteiger partial charge < -0.3 is 0 Å². The van der Waals surface area contributed by atoms with Crippen LogP contribution in [0.15, 0.2) is 376 Å². The molecule has 0 radical (unpaired) electrons. The highest BCUT2D eigenvalue weighted by molar-refractivity contribution is 5.99. The van der Waals surface area contributed by atoms with Crippen molar-refractivity contribution in [3.8, 4) is 158 Å².